The third-order valence-electron chi connectivity index (χ3n) is 4.76. The number of methoxy groups -OCH3 is 2. The number of hydrogen-bond donors (Lipinski definition) is 1. The first-order valence-corrected chi connectivity index (χ1v) is 9.75. The third kappa shape index (κ3) is 3.29. The lowest BCUT2D eigenvalue weighted by molar-refractivity contribution is -0.116. The highest BCUT2D eigenvalue weighted by Gasteiger charge is 2.31. The summed E-state index contributed by atoms with van der Waals surface area (Å²) in [5.41, 5.74) is 3.97. The maximum absolute atomic E-state index is 12.4. The van der Waals surface area contributed by atoms with Gasteiger partial charge in [-0.1, -0.05) is 29.8 Å². The molecule has 0 radical (unpaired) electrons. The molecule has 0 spiro atoms. The molecule has 0 aliphatic carbocycles. The Bertz CT molecular complexity index is 997. The summed E-state index contributed by atoms with van der Waals surface area (Å²) in [6, 6.07) is 13.5. The highest BCUT2D eigenvalue weighted by atomic mass is 35.5. The number of nitrogens with one attached hydrogen (secondary N) is 1. The van der Waals surface area contributed by atoms with Crippen LogP contribution in [0.2, 0.25) is 5.02 Å². The smallest absolute Gasteiger partial charge is 0.225 e. The first-order chi connectivity index (χ1) is 13.1. The van der Waals surface area contributed by atoms with E-state index in [1.54, 1.807) is 25.6 Å². The van der Waals surface area contributed by atoms with E-state index >= 15 is 0 Å². The molecule has 1 atom stereocenters. The summed E-state index contributed by atoms with van der Waals surface area (Å²) < 4.78 is 10.8. The second-order valence-electron chi connectivity index (χ2n) is 6.31. The van der Waals surface area contributed by atoms with Crippen LogP contribution in [0.3, 0.4) is 0 Å². The molecule has 1 amide bonds. The Labute approximate surface area is 166 Å². The second-order valence-corrected chi connectivity index (χ2v) is 7.66. The van der Waals surface area contributed by atoms with Gasteiger partial charge in [-0.3, -0.25) is 4.79 Å². The highest BCUT2D eigenvalue weighted by molar-refractivity contribution is 7.11. The molecule has 1 aliphatic heterocycles. The molecule has 1 N–H and O–H groups in total. The molecule has 1 aliphatic rings. The first-order valence-electron chi connectivity index (χ1n) is 8.49. The number of hydrogen-bond acceptors (Lipinski definition) is 4. The molecule has 0 saturated heterocycles. The first kappa shape index (κ1) is 17.9. The van der Waals surface area contributed by atoms with Gasteiger partial charge < -0.3 is 14.8 Å². The number of anilines is 1. The van der Waals surface area contributed by atoms with E-state index in [1.807, 2.05) is 42.5 Å². The van der Waals surface area contributed by atoms with Crippen molar-refractivity contribution in [2.75, 3.05) is 19.5 Å². The number of carbonyl (C=O) groups excluding carboxylic acids is 1. The lowest BCUT2D eigenvalue weighted by Crippen LogP contribution is -2.22. The average molecular weight is 400 g/mol. The van der Waals surface area contributed by atoms with Gasteiger partial charge >= 0.3 is 0 Å². The van der Waals surface area contributed by atoms with Crippen molar-refractivity contribution in [2.24, 2.45) is 0 Å². The minimum atomic E-state index is -0.0143. The normalized spacial score (nSPS) is 15.8. The van der Waals surface area contributed by atoms with Crippen LogP contribution in [0.25, 0.3) is 11.1 Å². The highest BCUT2D eigenvalue weighted by Crippen LogP contribution is 2.47. The molecule has 0 saturated carbocycles. The van der Waals surface area contributed by atoms with Crippen LogP contribution in [-0.4, -0.2) is 20.1 Å². The van der Waals surface area contributed by atoms with Gasteiger partial charge in [-0.05, 0) is 35.4 Å². The molecule has 0 bridgehead atoms. The second kappa shape index (κ2) is 7.25. The summed E-state index contributed by atoms with van der Waals surface area (Å²) in [6.45, 7) is 0. The predicted molar refractivity (Wildman–Crippen MR) is 109 cm³/mol. The Morgan fingerprint density at radius 2 is 1.81 bits per heavy atom. The van der Waals surface area contributed by atoms with E-state index in [2.05, 4.69) is 10.7 Å². The number of fused-ring (bicyclic) bond motifs is 1. The average Bonchev–Trinajstić information content (AvgIpc) is 3.11. The van der Waals surface area contributed by atoms with Gasteiger partial charge in [-0.25, -0.2) is 0 Å². The summed E-state index contributed by atoms with van der Waals surface area (Å²) in [5.74, 6) is 1.34. The summed E-state index contributed by atoms with van der Waals surface area (Å²) >= 11 is 7.67. The number of halogens is 1. The van der Waals surface area contributed by atoms with Gasteiger partial charge in [-0.2, -0.15) is 0 Å². The molecule has 1 aromatic heterocycles. The van der Waals surface area contributed by atoms with E-state index in [0.29, 0.717) is 22.9 Å². The largest absolute Gasteiger partial charge is 0.493 e. The van der Waals surface area contributed by atoms with Crippen molar-refractivity contribution in [1.82, 2.24) is 0 Å². The zero-order chi connectivity index (χ0) is 19.0. The van der Waals surface area contributed by atoms with Gasteiger partial charge in [0.2, 0.25) is 5.91 Å². The Hall–Kier alpha value is -2.50. The topological polar surface area (TPSA) is 47.6 Å². The Morgan fingerprint density at radius 1 is 1.07 bits per heavy atom. The summed E-state index contributed by atoms with van der Waals surface area (Å²) in [4.78, 5) is 13.6. The van der Waals surface area contributed by atoms with Crippen molar-refractivity contribution in [2.45, 2.75) is 12.3 Å². The van der Waals surface area contributed by atoms with Crippen LogP contribution in [-0.2, 0) is 4.79 Å². The van der Waals surface area contributed by atoms with E-state index in [0.717, 1.165) is 27.3 Å². The van der Waals surface area contributed by atoms with E-state index in [-0.39, 0.29) is 11.8 Å². The maximum atomic E-state index is 12.4. The van der Waals surface area contributed by atoms with Crippen LogP contribution in [0, 0.1) is 0 Å². The molecule has 27 heavy (non-hydrogen) atoms. The minimum Gasteiger partial charge on any atom is -0.493 e. The van der Waals surface area contributed by atoms with Crippen LogP contribution < -0.4 is 14.8 Å². The number of benzene rings is 2. The van der Waals surface area contributed by atoms with E-state index in [4.69, 9.17) is 21.1 Å². The molecule has 2 heterocycles. The standard InChI is InChI=1S/C21H18ClNO3S/c1-25-17-8-5-13(9-18(17)26-2)15-10-19(24)23-20-16(11-27-21(15)20)12-3-6-14(22)7-4-12/h3-9,11,15H,10H2,1-2H3,(H,23,24)/t15-/m1/s1. The SMILES string of the molecule is COc1ccc([C@H]2CC(=O)Nc3c(-c4ccc(Cl)cc4)csc32)cc1OC. The predicted octanol–water partition coefficient (Wildman–Crippen LogP) is 5.56. The van der Waals surface area contributed by atoms with Crippen LogP contribution in [0.5, 0.6) is 11.5 Å². The minimum absolute atomic E-state index is 0.0101. The van der Waals surface area contributed by atoms with Crippen LogP contribution in [0.15, 0.2) is 47.8 Å². The van der Waals surface area contributed by atoms with Gasteiger partial charge in [0.15, 0.2) is 11.5 Å². The van der Waals surface area contributed by atoms with Crippen LogP contribution >= 0.6 is 22.9 Å². The monoisotopic (exact) mass is 399 g/mol. The van der Waals surface area contributed by atoms with Gasteiger partial charge in [0, 0.05) is 33.2 Å². The molecule has 2 aromatic carbocycles. The number of thiophene rings is 1. The number of ether oxygens (including phenoxy) is 2. The Kier molecular flexibility index (Phi) is 4.81. The van der Waals surface area contributed by atoms with Crippen molar-refractivity contribution < 1.29 is 14.3 Å². The van der Waals surface area contributed by atoms with Gasteiger partial charge in [-0.15, -0.1) is 11.3 Å². The summed E-state index contributed by atoms with van der Waals surface area (Å²) in [6.07, 6.45) is 0.406. The van der Waals surface area contributed by atoms with Crippen molar-refractivity contribution in [3.63, 3.8) is 0 Å². The zero-order valence-corrected chi connectivity index (χ0v) is 16.5. The summed E-state index contributed by atoms with van der Waals surface area (Å²) in [7, 11) is 3.23. The van der Waals surface area contributed by atoms with Gasteiger partial charge in [0.25, 0.3) is 0 Å². The zero-order valence-electron chi connectivity index (χ0n) is 14.9. The quantitative estimate of drug-likeness (QED) is 0.624. The van der Waals surface area contributed by atoms with Crippen LogP contribution in [0.4, 0.5) is 5.69 Å². The molecule has 3 aromatic rings. The molecular weight excluding hydrogens is 382 g/mol. The van der Waals surface area contributed by atoms with E-state index in [9.17, 15) is 4.79 Å². The maximum Gasteiger partial charge on any atom is 0.225 e. The fourth-order valence-electron chi connectivity index (χ4n) is 3.41. The Balaban J connectivity index is 1.78. The fraction of sp³-hybridized carbons (Fsp3) is 0.190. The number of rotatable bonds is 4. The van der Waals surface area contributed by atoms with E-state index < -0.39 is 0 Å². The van der Waals surface area contributed by atoms with Crippen molar-refractivity contribution in [1.29, 1.82) is 0 Å². The lowest BCUT2D eigenvalue weighted by Gasteiger charge is -2.24. The molecule has 4 rings (SSSR count). The molecule has 138 valence electrons. The van der Waals surface area contributed by atoms with Gasteiger partial charge in [0.1, 0.15) is 0 Å². The molecule has 4 nitrogen and oxygen atoms in total. The lowest BCUT2D eigenvalue weighted by atomic mass is 9.89. The van der Waals surface area contributed by atoms with Crippen LogP contribution in [0.1, 0.15) is 22.8 Å². The van der Waals surface area contributed by atoms with Gasteiger partial charge in [0.05, 0.1) is 19.9 Å². The third-order valence-corrected chi connectivity index (χ3v) is 6.10. The van der Waals surface area contributed by atoms with Crippen molar-refractivity contribution >= 4 is 34.5 Å². The fourth-order valence-corrected chi connectivity index (χ4v) is 4.69. The Morgan fingerprint density at radius 3 is 2.52 bits per heavy atom. The summed E-state index contributed by atoms with van der Waals surface area (Å²) in [5, 5.41) is 5.84. The molecular formula is C21H18ClNO3S. The van der Waals surface area contributed by atoms with E-state index in [1.165, 1.54) is 0 Å². The molecule has 0 unspecified atom stereocenters. The molecule has 0 fully saturated rings. The van der Waals surface area contributed by atoms with Crippen molar-refractivity contribution in [3.05, 3.63) is 63.3 Å². The number of carbonyl (C=O) groups is 1. The number of amides is 1. The van der Waals surface area contributed by atoms with Crippen molar-refractivity contribution in [3.8, 4) is 22.6 Å². The molecule has 6 heteroatoms.